The van der Waals surface area contributed by atoms with E-state index in [1.165, 1.54) is 30.3 Å². The summed E-state index contributed by atoms with van der Waals surface area (Å²) in [6.07, 6.45) is 0. The van der Waals surface area contributed by atoms with E-state index in [0.29, 0.717) is 16.8 Å². The van der Waals surface area contributed by atoms with E-state index in [1.807, 2.05) is 0 Å². The van der Waals surface area contributed by atoms with Crippen LogP contribution in [0.15, 0.2) is 72.8 Å². The summed E-state index contributed by atoms with van der Waals surface area (Å²) in [5.41, 5.74) is 1.45. The highest BCUT2D eigenvalue weighted by Crippen LogP contribution is 2.29. The molecule has 0 saturated carbocycles. The predicted molar refractivity (Wildman–Crippen MR) is 105 cm³/mol. The van der Waals surface area contributed by atoms with Crippen LogP contribution in [0.3, 0.4) is 0 Å². The molecular weight excluding hydrogens is 374 g/mol. The molecule has 3 amide bonds. The Balaban J connectivity index is 1.58. The Hall–Kier alpha value is -4.33. The van der Waals surface area contributed by atoms with Gasteiger partial charge in [0.1, 0.15) is 0 Å². The van der Waals surface area contributed by atoms with Crippen LogP contribution in [0, 0.1) is 10.1 Å². The molecule has 0 spiro atoms. The number of nitro groups is 1. The Morgan fingerprint density at radius 3 is 2.07 bits per heavy atom. The summed E-state index contributed by atoms with van der Waals surface area (Å²) in [6, 6.07) is 18.1. The highest BCUT2D eigenvalue weighted by atomic mass is 16.6. The van der Waals surface area contributed by atoms with Crippen LogP contribution in [0.25, 0.3) is 0 Å². The summed E-state index contributed by atoms with van der Waals surface area (Å²) in [5.74, 6) is -1.37. The SMILES string of the molecule is O=C(Nc1ccc([N+](=O)[O-])cc1)c1cccc(N2C(=O)c3ccccc3C2=O)c1. The lowest BCUT2D eigenvalue weighted by Crippen LogP contribution is -2.29. The van der Waals surface area contributed by atoms with Gasteiger partial charge in [-0.1, -0.05) is 18.2 Å². The predicted octanol–water partition coefficient (Wildman–Crippen LogP) is 3.65. The fraction of sp³-hybridized carbons (Fsp3) is 0. The molecule has 8 nitrogen and oxygen atoms in total. The summed E-state index contributed by atoms with van der Waals surface area (Å²) in [7, 11) is 0. The van der Waals surface area contributed by atoms with Crippen molar-refractivity contribution in [1.29, 1.82) is 0 Å². The summed E-state index contributed by atoms with van der Waals surface area (Å²) < 4.78 is 0. The van der Waals surface area contributed by atoms with Crippen LogP contribution < -0.4 is 10.2 Å². The quantitative estimate of drug-likeness (QED) is 0.417. The van der Waals surface area contributed by atoms with Gasteiger partial charge in [0, 0.05) is 23.4 Å². The van der Waals surface area contributed by atoms with E-state index in [4.69, 9.17) is 0 Å². The van der Waals surface area contributed by atoms with Gasteiger partial charge >= 0.3 is 0 Å². The number of nitrogens with one attached hydrogen (secondary N) is 1. The minimum absolute atomic E-state index is 0.0874. The topological polar surface area (TPSA) is 110 Å². The number of carbonyl (C=O) groups is 3. The zero-order valence-electron chi connectivity index (χ0n) is 14.9. The summed E-state index contributed by atoms with van der Waals surface area (Å²) in [6.45, 7) is 0. The molecule has 0 fully saturated rings. The Kier molecular flexibility index (Phi) is 4.36. The molecule has 4 rings (SSSR count). The van der Waals surface area contributed by atoms with Crippen molar-refractivity contribution in [2.24, 2.45) is 0 Å². The third kappa shape index (κ3) is 3.23. The van der Waals surface area contributed by atoms with Gasteiger partial charge in [-0.3, -0.25) is 24.5 Å². The minimum Gasteiger partial charge on any atom is -0.322 e. The van der Waals surface area contributed by atoms with Crippen LogP contribution in [0.1, 0.15) is 31.1 Å². The molecule has 3 aromatic rings. The van der Waals surface area contributed by atoms with Crippen LogP contribution in [-0.4, -0.2) is 22.6 Å². The summed E-state index contributed by atoms with van der Waals surface area (Å²) in [4.78, 5) is 49.0. The first-order valence-corrected chi connectivity index (χ1v) is 8.59. The minimum atomic E-state index is -0.531. The van der Waals surface area contributed by atoms with Crippen LogP contribution >= 0.6 is 0 Å². The van der Waals surface area contributed by atoms with E-state index in [9.17, 15) is 24.5 Å². The average Bonchev–Trinajstić information content (AvgIpc) is 2.99. The van der Waals surface area contributed by atoms with E-state index in [0.717, 1.165) is 4.90 Å². The molecule has 0 saturated heterocycles. The highest BCUT2D eigenvalue weighted by molar-refractivity contribution is 6.34. The largest absolute Gasteiger partial charge is 0.322 e. The van der Waals surface area contributed by atoms with Crippen LogP contribution in [0.5, 0.6) is 0 Å². The number of carbonyl (C=O) groups excluding carboxylic acids is 3. The normalized spacial score (nSPS) is 12.6. The van der Waals surface area contributed by atoms with Gasteiger partial charge in [-0.25, -0.2) is 4.90 Å². The first-order valence-electron chi connectivity index (χ1n) is 8.59. The van der Waals surface area contributed by atoms with Gasteiger partial charge in [0.05, 0.1) is 21.7 Å². The van der Waals surface area contributed by atoms with Crippen molar-refractivity contribution in [3.05, 3.63) is 99.6 Å². The van der Waals surface area contributed by atoms with Gasteiger partial charge < -0.3 is 5.32 Å². The van der Waals surface area contributed by atoms with Crippen molar-refractivity contribution >= 4 is 34.8 Å². The molecule has 1 N–H and O–H groups in total. The number of anilines is 2. The first-order chi connectivity index (χ1) is 14.0. The number of benzene rings is 3. The second-order valence-electron chi connectivity index (χ2n) is 6.30. The Bertz CT molecular complexity index is 1140. The van der Waals surface area contributed by atoms with Gasteiger partial charge in [0.15, 0.2) is 0 Å². The monoisotopic (exact) mass is 387 g/mol. The molecule has 0 bridgehead atoms. The van der Waals surface area contributed by atoms with Crippen LogP contribution in [0.2, 0.25) is 0 Å². The molecule has 8 heteroatoms. The third-order valence-electron chi connectivity index (χ3n) is 4.50. The first kappa shape index (κ1) is 18.1. The molecule has 1 heterocycles. The molecule has 0 radical (unpaired) electrons. The van der Waals surface area contributed by atoms with E-state index < -0.39 is 22.6 Å². The van der Waals surface area contributed by atoms with Gasteiger partial charge in [-0.05, 0) is 42.5 Å². The number of non-ortho nitro benzene ring substituents is 1. The summed E-state index contributed by atoms with van der Waals surface area (Å²) in [5, 5.41) is 13.3. The van der Waals surface area contributed by atoms with Gasteiger partial charge in [-0.2, -0.15) is 0 Å². The lowest BCUT2D eigenvalue weighted by atomic mass is 10.1. The Labute approximate surface area is 164 Å². The zero-order chi connectivity index (χ0) is 20.5. The molecule has 3 aromatic carbocycles. The van der Waals surface area contributed by atoms with Crippen molar-refractivity contribution in [2.75, 3.05) is 10.2 Å². The lowest BCUT2D eigenvalue weighted by Gasteiger charge is -2.15. The molecule has 0 aliphatic carbocycles. The zero-order valence-corrected chi connectivity index (χ0v) is 14.9. The fourth-order valence-electron chi connectivity index (χ4n) is 3.08. The highest BCUT2D eigenvalue weighted by Gasteiger charge is 2.36. The van der Waals surface area contributed by atoms with Crippen LogP contribution in [-0.2, 0) is 0 Å². The number of hydrogen-bond acceptors (Lipinski definition) is 5. The Morgan fingerprint density at radius 2 is 1.48 bits per heavy atom. The molecule has 1 aliphatic rings. The molecule has 142 valence electrons. The number of fused-ring (bicyclic) bond motifs is 1. The smallest absolute Gasteiger partial charge is 0.269 e. The van der Waals surface area contributed by atoms with Gasteiger partial charge in [0.25, 0.3) is 23.4 Å². The molecule has 0 unspecified atom stereocenters. The van der Waals surface area contributed by atoms with Crippen molar-refractivity contribution in [3.8, 4) is 0 Å². The van der Waals surface area contributed by atoms with Gasteiger partial charge in [0.2, 0.25) is 0 Å². The second-order valence-corrected chi connectivity index (χ2v) is 6.30. The molecule has 29 heavy (non-hydrogen) atoms. The molecule has 0 aromatic heterocycles. The van der Waals surface area contributed by atoms with E-state index in [1.54, 1.807) is 42.5 Å². The Morgan fingerprint density at radius 1 is 0.862 bits per heavy atom. The van der Waals surface area contributed by atoms with E-state index in [-0.39, 0.29) is 16.9 Å². The van der Waals surface area contributed by atoms with Crippen molar-refractivity contribution in [1.82, 2.24) is 0 Å². The summed E-state index contributed by atoms with van der Waals surface area (Å²) >= 11 is 0. The van der Waals surface area contributed by atoms with Crippen molar-refractivity contribution in [3.63, 3.8) is 0 Å². The fourth-order valence-corrected chi connectivity index (χ4v) is 3.08. The number of imide groups is 1. The average molecular weight is 387 g/mol. The maximum Gasteiger partial charge on any atom is 0.269 e. The van der Waals surface area contributed by atoms with E-state index >= 15 is 0 Å². The molecule has 1 aliphatic heterocycles. The maximum absolute atomic E-state index is 12.6. The third-order valence-corrected chi connectivity index (χ3v) is 4.50. The van der Waals surface area contributed by atoms with Gasteiger partial charge in [-0.15, -0.1) is 0 Å². The number of nitrogens with zero attached hydrogens (tertiary/aromatic N) is 2. The van der Waals surface area contributed by atoms with E-state index in [2.05, 4.69) is 5.32 Å². The standard InChI is InChI=1S/C21H13N3O5/c25-19(22-14-8-10-15(11-9-14)24(28)29)13-4-3-5-16(12-13)23-20(26)17-6-1-2-7-18(17)21(23)27/h1-12H,(H,22,25). The van der Waals surface area contributed by atoms with Crippen LogP contribution in [0.4, 0.5) is 17.1 Å². The molecular formula is C21H13N3O5. The maximum atomic E-state index is 12.6. The number of hydrogen-bond donors (Lipinski definition) is 1. The molecule has 0 atom stereocenters. The second kappa shape index (κ2) is 7.01. The lowest BCUT2D eigenvalue weighted by molar-refractivity contribution is -0.384. The number of nitro benzene ring substituents is 1. The number of rotatable bonds is 4. The number of amides is 3. The van der Waals surface area contributed by atoms with Crippen molar-refractivity contribution in [2.45, 2.75) is 0 Å². The van der Waals surface area contributed by atoms with Crippen molar-refractivity contribution < 1.29 is 19.3 Å².